The van der Waals surface area contributed by atoms with E-state index in [0.29, 0.717) is 0 Å². The Hall–Kier alpha value is -1.82. The predicted molar refractivity (Wildman–Crippen MR) is 83.1 cm³/mol. The largest absolute Gasteiger partial charge is 0.367 e. The molecule has 0 aliphatic heterocycles. The predicted octanol–water partition coefficient (Wildman–Crippen LogP) is 2.12. The SMILES string of the molecule is C=S(C)(=O)Nc1ccc2ncnc(NC(C)C)c2c1. The molecule has 6 heteroatoms. The monoisotopic (exact) mass is 278 g/mol. The van der Waals surface area contributed by atoms with Crippen LogP contribution in [0.3, 0.4) is 0 Å². The molecule has 102 valence electrons. The lowest BCUT2D eigenvalue weighted by Gasteiger charge is -2.13. The quantitative estimate of drug-likeness (QED) is 0.841. The average Bonchev–Trinajstić information content (AvgIpc) is 2.27. The van der Waals surface area contributed by atoms with Crippen LogP contribution in [0.5, 0.6) is 0 Å². The van der Waals surface area contributed by atoms with Crippen molar-refractivity contribution in [1.82, 2.24) is 9.97 Å². The number of hydrogen-bond acceptors (Lipinski definition) is 4. The fourth-order valence-corrected chi connectivity index (χ4v) is 2.38. The zero-order valence-electron chi connectivity index (χ0n) is 11.3. The van der Waals surface area contributed by atoms with Gasteiger partial charge in [0.25, 0.3) is 0 Å². The van der Waals surface area contributed by atoms with E-state index >= 15 is 0 Å². The van der Waals surface area contributed by atoms with Crippen LogP contribution in [-0.2, 0) is 9.71 Å². The Bertz CT molecular complexity index is 695. The summed E-state index contributed by atoms with van der Waals surface area (Å²) >= 11 is 0. The highest BCUT2D eigenvalue weighted by molar-refractivity contribution is 8.00. The summed E-state index contributed by atoms with van der Waals surface area (Å²) < 4.78 is 14.6. The summed E-state index contributed by atoms with van der Waals surface area (Å²) in [4.78, 5) is 8.47. The van der Waals surface area contributed by atoms with Gasteiger partial charge >= 0.3 is 0 Å². The Morgan fingerprint density at radius 3 is 2.68 bits per heavy atom. The number of nitrogens with zero attached hydrogens (tertiary/aromatic N) is 2. The molecule has 0 aliphatic carbocycles. The first kappa shape index (κ1) is 13.6. The van der Waals surface area contributed by atoms with Crippen molar-refractivity contribution in [2.45, 2.75) is 19.9 Å². The molecule has 0 saturated heterocycles. The Balaban J connectivity index is 2.50. The molecule has 2 rings (SSSR count). The average molecular weight is 278 g/mol. The van der Waals surface area contributed by atoms with Gasteiger partial charge in [0.2, 0.25) is 0 Å². The van der Waals surface area contributed by atoms with Crippen LogP contribution in [0.4, 0.5) is 11.5 Å². The highest BCUT2D eigenvalue weighted by Gasteiger charge is 2.06. The Morgan fingerprint density at radius 1 is 1.32 bits per heavy atom. The van der Waals surface area contributed by atoms with Gasteiger partial charge in [0.1, 0.15) is 12.1 Å². The second-order valence-electron chi connectivity index (χ2n) is 4.86. The van der Waals surface area contributed by atoms with E-state index in [0.717, 1.165) is 22.4 Å². The van der Waals surface area contributed by atoms with Crippen molar-refractivity contribution in [2.24, 2.45) is 0 Å². The van der Waals surface area contributed by atoms with Crippen LogP contribution in [0, 0.1) is 0 Å². The third-order valence-electron chi connectivity index (χ3n) is 2.39. The fourth-order valence-electron chi connectivity index (χ4n) is 1.76. The van der Waals surface area contributed by atoms with Crippen molar-refractivity contribution >= 4 is 38.0 Å². The molecule has 2 N–H and O–H groups in total. The van der Waals surface area contributed by atoms with Crippen LogP contribution in [0.2, 0.25) is 0 Å². The second-order valence-corrected chi connectivity index (χ2v) is 7.07. The van der Waals surface area contributed by atoms with Gasteiger partial charge in [0.15, 0.2) is 0 Å². The van der Waals surface area contributed by atoms with Crippen molar-refractivity contribution in [3.63, 3.8) is 0 Å². The molecule has 1 unspecified atom stereocenters. The summed E-state index contributed by atoms with van der Waals surface area (Å²) in [5.41, 5.74) is 1.59. The topological polar surface area (TPSA) is 66.9 Å². The maximum absolute atomic E-state index is 11.7. The molecule has 0 fully saturated rings. The minimum absolute atomic E-state index is 0.276. The van der Waals surface area contributed by atoms with Crippen LogP contribution in [0.25, 0.3) is 10.9 Å². The number of rotatable bonds is 4. The van der Waals surface area contributed by atoms with Crippen molar-refractivity contribution in [1.29, 1.82) is 0 Å². The van der Waals surface area contributed by atoms with Gasteiger partial charge in [0.05, 0.1) is 5.52 Å². The van der Waals surface area contributed by atoms with E-state index in [4.69, 9.17) is 0 Å². The summed E-state index contributed by atoms with van der Waals surface area (Å²) in [6, 6.07) is 5.87. The van der Waals surface area contributed by atoms with Gasteiger partial charge in [0, 0.05) is 33.1 Å². The molecule has 0 radical (unpaired) electrons. The van der Waals surface area contributed by atoms with Gasteiger partial charge < -0.3 is 10.0 Å². The van der Waals surface area contributed by atoms with Crippen LogP contribution in [-0.4, -0.2) is 32.3 Å². The minimum atomic E-state index is -2.29. The molecule has 0 amide bonds. The van der Waals surface area contributed by atoms with Crippen molar-refractivity contribution in [3.05, 3.63) is 24.5 Å². The van der Waals surface area contributed by atoms with Crippen LogP contribution in [0.1, 0.15) is 13.8 Å². The number of fused-ring (bicyclic) bond motifs is 1. The first-order chi connectivity index (χ1) is 8.85. The molecule has 0 bridgehead atoms. The van der Waals surface area contributed by atoms with Gasteiger partial charge in [-0.3, -0.25) is 0 Å². The van der Waals surface area contributed by atoms with Crippen molar-refractivity contribution in [3.8, 4) is 0 Å². The number of benzene rings is 1. The highest BCUT2D eigenvalue weighted by Crippen LogP contribution is 2.23. The lowest BCUT2D eigenvalue weighted by molar-refractivity contribution is 0.688. The number of nitrogens with one attached hydrogen (secondary N) is 2. The Morgan fingerprint density at radius 2 is 2.05 bits per heavy atom. The summed E-state index contributed by atoms with van der Waals surface area (Å²) in [5, 5.41) is 4.17. The Labute approximate surface area is 113 Å². The minimum Gasteiger partial charge on any atom is -0.367 e. The van der Waals surface area contributed by atoms with E-state index in [1.54, 1.807) is 6.26 Å². The number of aromatic nitrogens is 2. The molecule has 1 aromatic heterocycles. The van der Waals surface area contributed by atoms with Gasteiger partial charge in [-0.15, -0.1) is 0 Å². The maximum Gasteiger partial charge on any atom is 0.137 e. The summed E-state index contributed by atoms with van der Waals surface area (Å²) in [6.07, 6.45) is 3.09. The number of anilines is 2. The third kappa shape index (κ3) is 3.57. The molecule has 2 aromatic rings. The van der Waals surface area contributed by atoms with Gasteiger partial charge in [-0.05, 0) is 37.9 Å². The van der Waals surface area contributed by atoms with Crippen molar-refractivity contribution < 1.29 is 4.21 Å². The lowest BCUT2D eigenvalue weighted by Crippen LogP contribution is -2.12. The van der Waals surface area contributed by atoms with E-state index < -0.39 is 9.71 Å². The molecular formula is C13H18N4OS. The molecule has 0 saturated carbocycles. The number of hydrogen-bond donors (Lipinski definition) is 2. The summed E-state index contributed by atoms with van der Waals surface area (Å²) in [7, 11) is -2.29. The van der Waals surface area contributed by atoms with Crippen LogP contribution >= 0.6 is 0 Å². The summed E-state index contributed by atoms with van der Waals surface area (Å²) in [5.74, 6) is 4.36. The molecule has 1 atom stereocenters. The van der Waals surface area contributed by atoms with E-state index in [9.17, 15) is 4.21 Å². The molecular weight excluding hydrogens is 260 g/mol. The molecule has 0 spiro atoms. The molecule has 0 aliphatic rings. The van der Waals surface area contributed by atoms with Gasteiger partial charge in [-0.2, -0.15) is 0 Å². The van der Waals surface area contributed by atoms with Gasteiger partial charge in [-0.25, -0.2) is 14.2 Å². The zero-order chi connectivity index (χ0) is 14.0. The first-order valence-corrected chi connectivity index (χ1v) is 8.10. The van der Waals surface area contributed by atoms with E-state index in [2.05, 4.69) is 25.9 Å². The first-order valence-electron chi connectivity index (χ1n) is 5.96. The Kier molecular flexibility index (Phi) is 3.61. The maximum atomic E-state index is 11.7. The van der Waals surface area contributed by atoms with E-state index in [-0.39, 0.29) is 6.04 Å². The standard InChI is InChI=1S/C13H18N4OS/c1-9(2)16-13-11-7-10(17-19(3,4)18)5-6-12(11)14-8-15-13/h5-9H,3H2,1-2,4H3,(H,17,18)(H,14,15,16). The van der Waals surface area contributed by atoms with Crippen LogP contribution in [0.15, 0.2) is 24.5 Å². The smallest absolute Gasteiger partial charge is 0.137 e. The molecule has 1 aromatic carbocycles. The third-order valence-corrected chi connectivity index (χ3v) is 3.06. The van der Waals surface area contributed by atoms with Crippen LogP contribution < -0.4 is 10.0 Å². The zero-order valence-corrected chi connectivity index (χ0v) is 12.1. The van der Waals surface area contributed by atoms with E-state index in [1.165, 1.54) is 6.33 Å². The molecule has 19 heavy (non-hydrogen) atoms. The van der Waals surface area contributed by atoms with Crippen molar-refractivity contribution in [2.75, 3.05) is 16.3 Å². The normalized spacial score (nSPS) is 14.3. The van der Waals surface area contributed by atoms with E-state index in [1.807, 2.05) is 32.0 Å². The fraction of sp³-hybridized carbons (Fsp3) is 0.308. The molecule has 1 heterocycles. The molecule has 5 nitrogen and oxygen atoms in total. The van der Waals surface area contributed by atoms with Gasteiger partial charge in [-0.1, -0.05) is 0 Å². The summed E-state index contributed by atoms with van der Waals surface area (Å²) in [6.45, 7) is 4.09. The second kappa shape index (κ2) is 5.05. The lowest BCUT2D eigenvalue weighted by atomic mass is 10.2. The highest BCUT2D eigenvalue weighted by atomic mass is 32.2.